The first-order valence-corrected chi connectivity index (χ1v) is 7.81. The highest BCUT2D eigenvalue weighted by atomic mass is 35.5. The van der Waals surface area contributed by atoms with Crippen LogP contribution >= 0.6 is 11.6 Å². The van der Waals surface area contributed by atoms with Gasteiger partial charge in [0.25, 0.3) is 0 Å². The summed E-state index contributed by atoms with van der Waals surface area (Å²) in [5, 5.41) is 10.9. The van der Waals surface area contributed by atoms with Crippen LogP contribution in [0.4, 0.5) is 0 Å². The van der Waals surface area contributed by atoms with Gasteiger partial charge in [-0.1, -0.05) is 23.7 Å². The molecule has 2 aliphatic rings. The van der Waals surface area contributed by atoms with Crippen LogP contribution in [0.5, 0.6) is 0 Å². The van der Waals surface area contributed by atoms with E-state index in [0.717, 1.165) is 18.4 Å². The molecule has 1 N–H and O–H groups in total. The fourth-order valence-electron chi connectivity index (χ4n) is 3.26. The highest BCUT2D eigenvalue weighted by molar-refractivity contribution is 6.30. The summed E-state index contributed by atoms with van der Waals surface area (Å²) in [7, 11) is 0. The number of benzene rings is 1. The molecule has 0 bridgehead atoms. The maximum atomic E-state index is 12.5. The van der Waals surface area contributed by atoms with Gasteiger partial charge >= 0.3 is 0 Å². The number of aliphatic hydroxyl groups excluding tert-OH is 1. The molecule has 0 saturated carbocycles. The van der Waals surface area contributed by atoms with E-state index in [0.29, 0.717) is 37.6 Å². The van der Waals surface area contributed by atoms with E-state index in [1.54, 1.807) is 12.1 Å². The fourth-order valence-corrected chi connectivity index (χ4v) is 3.38. The number of halogens is 1. The van der Waals surface area contributed by atoms with Crippen molar-refractivity contribution in [2.45, 2.75) is 37.4 Å². The highest BCUT2D eigenvalue weighted by Crippen LogP contribution is 2.35. The molecule has 0 radical (unpaired) electrons. The van der Waals surface area contributed by atoms with Gasteiger partial charge in [-0.2, -0.15) is 0 Å². The molecule has 0 aromatic heterocycles. The Hall–Kier alpha value is -1.10. The molecule has 3 rings (SSSR count). The van der Waals surface area contributed by atoms with Gasteiger partial charge in [0.2, 0.25) is 5.91 Å². The van der Waals surface area contributed by atoms with Crippen LogP contribution < -0.4 is 0 Å². The third-order valence-corrected chi connectivity index (χ3v) is 4.75. The van der Waals surface area contributed by atoms with E-state index in [4.69, 9.17) is 16.3 Å². The van der Waals surface area contributed by atoms with Crippen LogP contribution in [0, 0.1) is 0 Å². The van der Waals surface area contributed by atoms with Crippen molar-refractivity contribution in [3.63, 3.8) is 0 Å². The molecule has 2 saturated heterocycles. The number of carbonyl (C=O) groups excluding carboxylic acids is 1. The van der Waals surface area contributed by atoms with E-state index in [9.17, 15) is 9.90 Å². The predicted molar refractivity (Wildman–Crippen MR) is 80.3 cm³/mol. The Labute approximate surface area is 129 Å². The van der Waals surface area contributed by atoms with E-state index in [-0.39, 0.29) is 5.91 Å². The molecule has 0 unspecified atom stereocenters. The molecule has 1 aromatic rings. The largest absolute Gasteiger partial charge is 0.390 e. The summed E-state index contributed by atoms with van der Waals surface area (Å²) in [5.74, 6) is 0.0825. The Balaban J connectivity index is 1.66. The first-order valence-electron chi connectivity index (χ1n) is 7.43. The molecule has 2 aliphatic heterocycles. The Kier molecular flexibility index (Phi) is 4.20. The molecule has 1 spiro atoms. The number of piperidine rings is 1. The Morgan fingerprint density at radius 3 is 2.86 bits per heavy atom. The van der Waals surface area contributed by atoms with Crippen molar-refractivity contribution < 1.29 is 14.6 Å². The second-order valence-electron chi connectivity index (χ2n) is 5.94. The smallest absolute Gasteiger partial charge is 0.227 e. The minimum atomic E-state index is -0.534. The number of hydrogen-bond acceptors (Lipinski definition) is 3. The van der Waals surface area contributed by atoms with E-state index >= 15 is 0 Å². The van der Waals surface area contributed by atoms with Crippen LogP contribution in [0.25, 0.3) is 0 Å². The summed E-state index contributed by atoms with van der Waals surface area (Å²) in [6.45, 7) is 1.77. The van der Waals surface area contributed by atoms with Crippen LogP contribution in [0.3, 0.4) is 0 Å². The summed E-state index contributed by atoms with van der Waals surface area (Å²) in [6.07, 6.45) is 2.28. The second-order valence-corrected chi connectivity index (χ2v) is 6.38. The normalized spacial score (nSPS) is 29.0. The number of amides is 1. The predicted octanol–water partition coefficient (Wildman–Crippen LogP) is 2.02. The molecule has 5 heteroatoms. The topological polar surface area (TPSA) is 49.8 Å². The van der Waals surface area contributed by atoms with E-state index < -0.39 is 11.7 Å². The van der Waals surface area contributed by atoms with Gasteiger partial charge in [-0.3, -0.25) is 4.79 Å². The maximum absolute atomic E-state index is 12.5. The molecule has 1 aromatic carbocycles. The summed E-state index contributed by atoms with van der Waals surface area (Å²) in [4.78, 5) is 14.3. The van der Waals surface area contributed by atoms with Gasteiger partial charge in [-0.05, 0) is 37.0 Å². The summed E-state index contributed by atoms with van der Waals surface area (Å²) in [5.41, 5.74) is 0.422. The van der Waals surface area contributed by atoms with Crippen LogP contribution in [-0.4, -0.2) is 47.3 Å². The lowest BCUT2D eigenvalue weighted by molar-refractivity contribution is -0.154. The fraction of sp³-hybridized carbons (Fsp3) is 0.562. The van der Waals surface area contributed by atoms with Gasteiger partial charge in [-0.15, -0.1) is 0 Å². The van der Waals surface area contributed by atoms with Crippen molar-refractivity contribution in [2.75, 3.05) is 19.7 Å². The Morgan fingerprint density at radius 1 is 1.43 bits per heavy atom. The molecule has 2 fully saturated rings. The minimum Gasteiger partial charge on any atom is -0.390 e. The van der Waals surface area contributed by atoms with Crippen molar-refractivity contribution in [2.24, 2.45) is 0 Å². The average molecular weight is 310 g/mol. The van der Waals surface area contributed by atoms with Gasteiger partial charge in [0.1, 0.15) is 5.60 Å². The molecule has 2 heterocycles. The lowest BCUT2D eigenvalue weighted by Gasteiger charge is -2.43. The summed E-state index contributed by atoms with van der Waals surface area (Å²) >= 11 is 5.86. The summed E-state index contributed by atoms with van der Waals surface area (Å²) in [6, 6.07) is 7.35. The van der Waals surface area contributed by atoms with Crippen molar-refractivity contribution in [3.05, 3.63) is 34.9 Å². The standard InChI is InChI=1S/C16H20ClNO3/c17-13-4-2-12(3-5-13)10-15(20)18-8-6-14(19)16(11-18)7-1-9-21-16/h2-5,14,19H,1,6-11H2/t14-,16-/m0/s1. The number of aliphatic hydroxyl groups is 1. The Morgan fingerprint density at radius 2 is 2.19 bits per heavy atom. The highest BCUT2D eigenvalue weighted by Gasteiger charge is 2.47. The van der Waals surface area contributed by atoms with Gasteiger partial charge in [-0.25, -0.2) is 0 Å². The number of hydrogen-bond donors (Lipinski definition) is 1. The van der Waals surface area contributed by atoms with Gasteiger partial charge < -0.3 is 14.7 Å². The van der Waals surface area contributed by atoms with Crippen LogP contribution in [0.15, 0.2) is 24.3 Å². The molecule has 114 valence electrons. The molecular weight excluding hydrogens is 290 g/mol. The van der Waals surface area contributed by atoms with Crippen LogP contribution in [0.2, 0.25) is 5.02 Å². The van der Waals surface area contributed by atoms with E-state index in [1.807, 2.05) is 17.0 Å². The zero-order chi connectivity index (χ0) is 14.9. The average Bonchev–Trinajstić information content (AvgIpc) is 2.94. The number of rotatable bonds is 2. The number of carbonyl (C=O) groups is 1. The quantitative estimate of drug-likeness (QED) is 0.909. The van der Waals surface area contributed by atoms with Crippen molar-refractivity contribution in [1.29, 1.82) is 0 Å². The number of nitrogens with zero attached hydrogens (tertiary/aromatic N) is 1. The minimum absolute atomic E-state index is 0.0825. The number of ether oxygens (including phenoxy) is 1. The zero-order valence-corrected chi connectivity index (χ0v) is 12.7. The third kappa shape index (κ3) is 3.07. The van der Waals surface area contributed by atoms with Crippen LogP contribution in [0.1, 0.15) is 24.8 Å². The van der Waals surface area contributed by atoms with E-state index in [2.05, 4.69) is 0 Å². The lowest BCUT2D eigenvalue weighted by Crippen LogP contribution is -2.58. The van der Waals surface area contributed by atoms with Gasteiger partial charge in [0.05, 0.1) is 19.1 Å². The monoisotopic (exact) mass is 309 g/mol. The van der Waals surface area contributed by atoms with Crippen molar-refractivity contribution >= 4 is 17.5 Å². The van der Waals surface area contributed by atoms with E-state index in [1.165, 1.54) is 0 Å². The Bertz CT molecular complexity index is 511. The summed E-state index contributed by atoms with van der Waals surface area (Å²) < 4.78 is 5.78. The SMILES string of the molecule is O=C(Cc1ccc(Cl)cc1)N1CC[C@H](O)[C@]2(CCCO2)C1. The lowest BCUT2D eigenvalue weighted by atomic mass is 9.87. The van der Waals surface area contributed by atoms with Gasteiger partial charge in [0.15, 0.2) is 0 Å². The molecule has 1 amide bonds. The van der Waals surface area contributed by atoms with Crippen molar-refractivity contribution in [1.82, 2.24) is 4.90 Å². The van der Waals surface area contributed by atoms with Gasteiger partial charge in [0, 0.05) is 18.2 Å². The molecular formula is C16H20ClNO3. The van der Waals surface area contributed by atoms with Crippen LogP contribution in [-0.2, 0) is 16.0 Å². The second kappa shape index (κ2) is 5.95. The number of likely N-dealkylation sites (tertiary alicyclic amines) is 1. The first kappa shape index (κ1) is 14.8. The molecule has 0 aliphatic carbocycles. The molecule has 4 nitrogen and oxygen atoms in total. The maximum Gasteiger partial charge on any atom is 0.227 e. The zero-order valence-electron chi connectivity index (χ0n) is 11.9. The first-order chi connectivity index (χ1) is 10.1. The third-order valence-electron chi connectivity index (χ3n) is 4.49. The molecule has 2 atom stereocenters. The molecule has 21 heavy (non-hydrogen) atoms. The van der Waals surface area contributed by atoms with Crippen molar-refractivity contribution in [3.8, 4) is 0 Å².